The fourth-order valence-corrected chi connectivity index (χ4v) is 3.37. The first kappa shape index (κ1) is 16.4. The van der Waals surface area contributed by atoms with E-state index >= 15 is 0 Å². The number of aryl methyl sites for hydroxylation is 1. The Morgan fingerprint density at radius 2 is 1.69 bits per heavy atom. The Morgan fingerprint density at radius 3 is 2.38 bits per heavy atom. The number of aliphatic hydroxyl groups excluding tert-OH is 1. The minimum atomic E-state index is -1.72. The van der Waals surface area contributed by atoms with Gasteiger partial charge in [0.1, 0.15) is 11.9 Å². The molecule has 130 valence electrons. The molecule has 2 aromatic heterocycles. The Kier molecular flexibility index (Phi) is 4.03. The van der Waals surface area contributed by atoms with E-state index in [1.165, 1.54) is 0 Å². The summed E-state index contributed by atoms with van der Waals surface area (Å²) < 4.78 is 1.82. The largest absolute Gasteiger partial charge is 0.384 e. The van der Waals surface area contributed by atoms with Crippen molar-refractivity contribution in [3.05, 3.63) is 96.1 Å². The molecule has 0 aliphatic rings. The van der Waals surface area contributed by atoms with Crippen LogP contribution in [0.4, 0.5) is 0 Å². The maximum absolute atomic E-state index is 11.8. The van der Waals surface area contributed by atoms with Gasteiger partial charge in [-0.1, -0.05) is 48.5 Å². The van der Waals surface area contributed by atoms with Crippen LogP contribution in [0.3, 0.4) is 0 Å². The average molecular weight is 345 g/mol. The van der Waals surface area contributed by atoms with Crippen molar-refractivity contribution in [3.63, 3.8) is 0 Å². The summed E-state index contributed by atoms with van der Waals surface area (Å²) >= 11 is 0. The summed E-state index contributed by atoms with van der Waals surface area (Å²) in [5.41, 5.74) is 1.01. The van der Waals surface area contributed by atoms with Crippen molar-refractivity contribution in [2.45, 2.75) is 11.7 Å². The number of benzene rings is 2. The van der Waals surface area contributed by atoms with Gasteiger partial charge in [-0.05, 0) is 23.8 Å². The second-order valence-electron chi connectivity index (χ2n) is 6.30. The van der Waals surface area contributed by atoms with E-state index in [9.17, 15) is 10.2 Å². The van der Waals surface area contributed by atoms with E-state index in [0.29, 0.717) is 17.0 Å². The molecule has 0 fully saturated rings. The number of hydrogen-bond donors (Lipinski definition) is 2. The smallest absolute Gasteiger partial charge is 0.177 e. The molecule has 5 heteroatoms. The molecule has 4 aromatic rings. The number of fused-ring (bicyclic) bond motifs is 1. The first-order chi connectivity index (χ1) is 12.6. The number of imidazole rings is 1. The second-order valence-corrected chi connectivity index (χ2v) is 6.30. The fraction of sp³-hybridized carbons (Fsp3) is 0.143. The molecule has 4 rings (SSSR count). The summed E-state index contributed by atoms with van der Waals surface area (Å²) in [6.07, 6.45) is 1.96. The Bertz CT molecular complexity index is 1030. The van der Waals surface area contributed by atoms with Gasteiger partial charge in [0.15, 0.2) is 5.60 Å². The molecular weight excluding hydrogens is 326 g/mol. The third-order valence-electron chi connectivity index (χ3n) is 4.74. The summed E-state index contributed by atoms with van der Waals surface area (Å²) in [7, 11) is 1.84. The van der Waals surface area contributed by atoms with E-state index in [-0.39, 0.29) is 0 Å². The summed E-state index contributed by atoms with van der Waals surface area (Å²) in [6, 6.07) is 20.2. The van der Waals surface area contributed by atoms with E-state index < -0.39 is 11.7 Å². The van der Waals surface area contributed by atoms with Crippen molar-refractivity contribution in [2.24, 2.45) is 7.05 Å². The average Bonchev–Trinajstić information content (AvgIpc) is 3.05. The van der Waals surface area contributed by atoms with Gasteiger partial charge in [0.25, 0.3) is 0 Å². The van der Waals surface area contributed by atoms with Crippen LogP contribution in [0.5, 0.6) is 0 Å². The lowest BCUT2D eigenvalue weighted by atomic mass is 9.84. The molecule has 0 amide bonds. The van der Waals surface area contributed by atoms with Crippen molar-refractivity contribution >= 4 is 11.0 Å². The highest BCUT2D eigenvalue weighted by Gasteiger charge is 2.44. The van der Waals surface area contributed by atoms with Crippen LogP contribution in [0, 0.1) is 0 Å². The van der Waals surface area contributed by atoms with Gasteiger partial charge in [0, 0.05) is 25.0 Å². The SMILES string of the molecule is Cn1c(C(O)(c2ccccc2)C(O)c2cccnc2)nc2ccccc21. The zero-order chi connectivity index (χ0) is 18.1. The summed E-state index contributed by atoms with van der Waals surface area (Å²) in [5, 5.41) is 22.9. The van der Waals surface area contributed by atoms with E-state index in [0.717, 1.165) is 11.0 Å². The molecule has 2 N–H and O–H groups in total. The van der Waals surface area contributed by atoms with Gasteiger partial charge in [0.05, 0.1) is 11.0 Å². The van der Waals surface area contributed by atoms with Gasteiger partial charge < -0.3 is 14.8 Å². The van der Waals surface area contributed by atoms with Crippen LogP contribution in [-0.4, -0.2) is 24.7 Å². The molecule has 0 saturated carbocycles. The van der Waals surface area contributed by atoms with Gasteiger partial charge in [0.2, 0.25) is 0 Å². The number of aromatic nitrogens is 3. The Hall–Kier alpha value is -3.02. The van der Waals surface area contributed by atoms with Crippen molar-refractivity contribution in [1.82, 2.24) is 14.5 Å². The first-order valence-electron chi connectivity index (χ1n) is 8.40. The quantitative estimate of drug-likeness (QED) is 0.597. The lowest BCUT2D eigenvalue weighted by Gasteiger charge is -2.33. The van der Waals surface area contributed by atoms with E-state index in [2.05, 4.69) is 9.97 Å². The Morgan fingerprint density at radius 1 is 0.962 bits per heavy atom. The molecule has 2 atom stereocenters. The molecule has 0 aliphatic heterocycles. The predicted octanol–water partition coefficient (Wildman–Crippen LogP) is 2.94. The normalized spacial score (nSPS) is 14.9. The molecule has 0 radical (unpaired) electrons. The standard InChI is InChI=1S/C21H19N3O2/c1-24-18-12-6-5-11-17(18)23-20(24)21(26,16-9-3-2-4-10-16)19(25)15-8-7-13-22-14-15/h2-14,19,25-26H,1H3. The monoisotopic (exact) mass is 345 g/mol. The van der Waals surface area contributed by atoms with Crippen molar-refractivity contribution in [2.75, 3.05) is 0 Å². The van der Waals surface area contributed by atoms with Gasteiger partial charge in [-0.2, -0.15) is 0 Å². The summed E-state index contributed by atoms with van der Waals surface area (Å²) in [5.74, 6) is 0.376. The number of hydrogen-bond acceptors (Lipinski definition) is 4. The van der Waals surface area contributed by atoms with Gasteiger partial charge in [-0.25, -0.2) is 4.98 Å². The Labute approximate surface area is 151 Å². The molecule has 2 aromatic carbocycles. The van der Waals surface area contributed by atoms with Crippen LogP contribution in [-0.2, 0) is 12.6 Å². The number of para-hydroxylation sites is 2. The number of rotatable bonds is 4. The highest BCUT2D eigenvalue weighted by atomic mass is 16.3. The minimum absolute atomic E-state index is 0.376. The molecular formula is C21H19N3O2. The number of pyridine rings is 1. The van der Waals surface area contributed by atoms with Gasteiger partial charge in [-0.15, -0.1) is 0 Å². The van der Waals surface area contributed by atoms with Crippen molar-refractivity contribution < 1.29 is 10.2 Å². The Balaban J connectivity index is 1.98. The first-order valence-corrected chi connectivity index (χ1v) is 8.40. The third kappa shape index (κ3) is 2.49. The molecule has 0 saturated heterocycles. The summed E-state index contributed by atoms with van der Waals surface area (Å²) in [6.45, 7) is 0. The molecule has 2 unspecified atom stereocenters. The van der Waals surface area contributed by atoms with Crippen LogP contribution in [0.15, 0.2) is 79.1 Å². The molecule has 5 nitrogen and oxygen atoms in total. The van der Waals surface area contributed by atoms with Crippen LogP contribution in [0.2, 0.25) is 0 Å². The van der Waals surface area contributed by atoms with Crippen LogP contribution in [0.1, 0.15) is 23.1 Å². The number of nitrogens with zero attached hydrogens (tertiary/aromatic N) is 3. The van der Waals surface area contributed by atoms with E-state index in [1.807, 2.05) is 54.1 Å². The van der Waals surface area contributed by atoms with Crippen LogP contribution >= 0.6 is 0 Å². The maximum atomic E-state index is 11.8. The zero-order valence-corrected chi connectivity index (χ0v) is 14.3. The summed E-state index contributed by atoms with van der Waals surface area (Å²) in [4.78, 5) is 8.71. The molecule has 2 heterocycles. The maximum Gasteiger partial charge on any atom is 0.177 e. The molecule has 26 heavy (non-hydrogen) atoms. The third-order valence-corrected chi connectivity index (χ3v) is 4.74. The lowest BCUT2D eigenvalue weighted by Crippen LogP contribution is -2.37. The van der Waals surface area contributed by atoms with Crippen LogP contribution in [0.25, 0.3) is 11.0 Å². The topological polar surface area (TPSA) is 71.2 Å². The second kappa shape index (κ2) is 6.37. The highest BCUT2D eigenvalue weighted by Crippen LogP contribution is 2.41. The number of aliphatic hydroxyl groups is 2. The van der Waals surface area contributed by atoms with Crippen molar-refractivity contribution in [3.8, 4) is 0 Å². The van der Waals surface area contributed by atoms with Gasteiger partial charge in [-0.3, -0.25) is 4.98 Å². The fourth-order valence-electron chi connectivity index (χ4n) is 3.37. The molecule has 0 aliphatic carbocycles. The highest BCUT2D eigenvalue weighted by molar-refractivity contribution is 5.76. The predicted molar refractivity (Wildman–Crippen MR) is 99.4 cm³/mol. The molecule has 0 spiro atoms. The zero-order valence-electron chi connectivity index (χ0n) is 14.3. The minimum Gasteiger partial charge on any atom is -0.384 e. The lowest BCUT2D eigenvalue weighted by molar-refractivity contribution is -0.0592. The van der Waals surface area contributed by atoms with Gasteiger partial charge >= 0.3 is 0 Å². The van der Waals surface area contributed by atoms with Crippen molar-refractivity contribution in [1.29, 1.82) is 0 Å². The molecule has 0 bridgehead atoms. The van der Waals surface area contributed by atoms with E-state index in [1.54, 1.807) is 36.7 Å². The van der Waals surface area contributed by atoms with E-state index in [4.69, 9.17) is 0 Å². The van der Waals surface area contributed by atoms with Crippen LogP contribution < -0.4 is 0 Å².